The van der Waals surface area contributed by atoms with Crippen LogP contribution >= 0.6 is 0 Å². The first kappa shape index (κ1) is 5.88. The van der Waals surface area contributed by atoms with E-state index in [1.807, 2.05) is 0 Å². The monoisotopic (exact) mass is 121 g/mol. The van der Waals surface area contributed by atoms with Crippen LogP contribution in [0.2, 0.25) is 0 Å². The molecule has 0 saturated carbocycles. The molecule has 0 fully saturated rings. The van der Waals surface area contributed by atoms with E-state index in [9.17, 15) is 4.79 Å². The van der Waals surface area contributed by atoms with Gasteiger partial charge in [0.15, 0.2) is 0 Å². The van der Waals surface area contributed by atoms with Gasteiger partial charge in [-0.3, -0.25) is 4.79 Å². The number of hydrogen-bond acceptors (Lipinski definition) is 3. The Bertz CT molecular complexity index is 186. The van der Waals surface area contributed by atoms with E-state index in [4.69, 9.17) is 0 Å². The van der Waals surface area contributed by atoms with Crippen LogP contribution < -0.4 is 0 Å². The Morgan fingerprint density at radius 3 is 2.67 bits per heavy atom. The first-order valence-corrected chi connectivity index (χ1v) is 2.52. The highest BCUT2D eigenvalue weighted by Crippen LogP contribution is 1.89. The van der Waals surface area contributed by atoms with Crippen LogP contribution in [0, 0.1) is 0 Å². The first-order valence-electron chi connectivity index (χ1n) is 2.52. The van der Waals surface area contributed by atoms with E-state index in [1.54, 1.807) is 18.7 Å². The van der Waals surface area contributed by atoms with Crippen LogP contribution in [-0.2, 0) is 11.2 Å². The fraction of sp³-hybridized carbons (Fsp3) is 0.167. The molecule has 0 N–H and O–H groups in total. The van der Waals surface area contributed by atoms with Gasteiger partial charge in [-0.2, -0.15) is 0 Å². The molecule has 0 aliphatic carbocycles. The van der Waals surface area contributed by atoms with E-state index in [0.717, 1.165) is 5.56 Å². The quantitative estimate of drug-likeness (QED) is 0.558. The van der Waals surface area contributed by atoms with Gasteiger partial charge in [-0.1, -0.05) is 0 Å². The summed E-state index contributed by atoms with van der Waals surface area (Å²) in [6.07, 6.45) is 6.65. The summed E-state index contributed by atoms with van der Waals surface area (Å²) in [5.74, 6) is 0. The van der Waals surface area contributed by atoms with Crippen molar-refractivity contribution < 1.29 is 4.79 Å². The molecular weight excluding hydrogens is 116 g/mol. The van der Waals surface area contributed by atoms with E-state index in [1.165, 1.54) is 6.33 Å². The summed E-state index contributed by atoms with van der Waals surface area (Å²) in [6, 6.07) is 0. The van der Waals surface area contributed by atoms with Crippen LogP contribution in [-0.4, -0.2) is 16.3 Å². The Balaban J connectivity index is 2.72. The van der Waals surface area contributed by atoms with Gasteiger partial charge in [-0.25, -0.2) is 9.97 Å². The molecule has 1 aromatic rings. The fourth-order valence-corrected chi connectivity index (χ4v) is 0.505. The summed E-state index contributed by atoms with van der Waals surface area (Å²) in [6.45, 7) is 0. The number of aromatic nitrogens is 2. The van der Waals surface area contributed by atoms with Gasteiger partial charge in [-0.05, 0) is 5.56 Å². The standard InChI is InChI=1S/C6H5N2O/c9-2-1-6-3-7-5-8-4-6/h3-5H,1H2. The Kier molecular flexibility index (Phi) is 1.90. The smallest absolute Gasteiger partial charge is 0.203 e. The van der Waals surface area contributed by atoms with Crippen molar-refractivity contribution in [2.24, 2.45) is 0 Å². The molecule has 45 valence electrons. The van der Waals surface area contributed by atoms with Gasteiger partial charge < -0.3 is 0 Å². The maximum atomic E-state index is 9.79. The fourth-order valence-electron chi connectivity index (χ4n) is 0.505. The van der Waals surface area contributed by atoms with Crippen molar-refractivity contribution in [2.45, 2.75) is 6.42 Å². The lowest BCUT2D eigenvalue weighted by molar-refractivity contribution is 0.555. The van der Waals surface area contributed by atoms with Crippen LogP contribution in [0.25, 0.3) is 0 Å². The van der Waals surface area contributed by atoms with E-state index in [-0.39, 0.29) is 6.42 Å². The molecule has 0 aromatic carbocycles. The molecule has 0 spiro atoms. The van der Waals surface area contributed by atoms with Crippen LogP contribution in [0.5, 0.6) is 0 Å². The molecule has 0 saturated heterocycles. The Morgan fingerprint density at radius 1 is 1.44 bits per heavy atom. The van der Waals surface area contributed by atoms with Gasteiger partial charge in [-0.15, -0.1) is 0 Å². The maximum Gasteiger partial charge on any atom is 0.203 e. The zero-order valence-electron chi connectivity index (χ0n) is 4.74. The molecule has 1 rings (SSSR count). The third kappa shape index (κ3) is 1.60. The van der Waals surface area contributed by atoms with Crippen molar-refractivity contribution in [3.05, 3.63) is 24.3 Å². The number of hydrogen-bond donors (Lipinski definition) is 0. The molecule has 0 atom stereocenters. The lowest BCUT2D eigenvalue weighted by atomic mass is 10.3. The predicted octanol–water partition coefficient (Wildman–Crippen LogP) is 0.129. The Morgan fingerprint density at radius 2 is 2.11 bits per heavy atom. The van der Waals surface area contributed by atoms with Gasteiger partial charge >= 0.3 is 0 Å². The minimum atomic E-state index is 0.279. The van der Waals surface area contributed by atoms with E-state index >= 15 is 0 Å². The minimum Gasteiger partial charge on any atom is -0.291 e. The first-order chi connectivity index (χ1) is 4.43. The third-order valence-electron chi connectivity index (χ3n) is 0.890. The number of carbonyl (C=O) groups excluding carboxylic acids is 1. The molecule has 0 aliphatic heterocycles. The topological polar surface area (TPSA) is 42.9 Å². The zero-order chi connectivity index (χ0) is 6.53. The van der Waals surface area contributed by atoms with Gasteiger partial charge in [0.1, 0.15) is 6.33 Å². The average Bonchev–Trinajstić information content (AvgIpc) is 1.91. The maximum absolute atomic E-state index is 9.79. The second-order valence-corrected chi connectivity index (χ2v) is 1.57. The summed E-state index contributed by atoms with van der Waals surface area (Å²) in [7, 11) is 0. The molecule has 1 heterocycles. The van der Waals surface area contributed by atoms with Crippen molar-refractivity contribution >= 4 is 6.29 Å². The second-order valence-electron chi connectivity index (χ2n) is 1.57. The van der Waals surface area contributed by atoms with Gasteiger partial charge in [0.05, 0.1) is 0 Å². The highest BCUT2D eigenvalue weighted by atomic mass is 16.1. The van der Waals surface area contributed by atoms with E-state index < -0.39 is 0 Å². The molecule has 3 nitrogen and oxygen atoms in total. The largest absolute Gasteiger partial charge is 0.291 e. The molecule has 0 amide bonds. The molecule has 0 unspecified atom stereocenters. The highest BCUT2D eigenvalue weighted by molar-refractivity contribution is 5.54. The normalized spacial score (nSPS) is 8.89. The Hall–Kier alpha value is -1.25. The lowest BCUT2D eigenvalue weighted by Gasteiger charge is -1.86. The zero-order valence-corrected chi connectivity index (χ0v) is 4.74. The molecule has 1 aromatic heterocycles. The third-order valence-corrected chi connectivity index (χ3v) is 0.890. The van der Waals surface area contributed by atoms with Crippen molar-refractivity contribution in [1.82, 2.24) is 9.97 Å². The molecule has 9 heavy (non-hydrogen) atoms. The van der Waals surface area contributed by atoms with Gasteiger partial charge in [0.25, 0.3) is 0 Å². The lowest BCUT2D eigenvalue weighted by Crippen LogP contribution is -1.87. The van der Waals surface area contributed by atoms with Crippen LogP contribution in [0.3, 0.4) is 0 Å². The number of rotatable bonds is 2. The van der Waals surface area contributed by atoms with Crippen molar-refractivity contribution in [1.29, 1.82) is 0 Å². The average molecular weight is 121 g/mol. The summed E-state index contributed by atoms with van der Waals surface area (Å²) in [5, 5.41) is 0. The molecule has 0 bridgehead atoms. The predicted molar refractivity (Wildman–Crippen MR) is 31.4 cm³/mol. The van der Waals surface area contributed by atoms with Gasteiger partial charge in [0, 0.05) is 18.8 Å². The van der Waals surface area contributed by atoms with Crippen molar-refractivity contribution in [3.8, 4) is 0 Å². The number of nitrogens with zero attached hydrogens (tertiary/aromatic N) is 2. The summed E-state index contributed by atoms with van der Waals surface area (Å²) >= 11 is 0. The van der Waals surface area contributed by atoms with Crippen LogP contribution in [0.4, 0.5) is 0 Å². The van der Waals surface area contributed by atoms with Crippen molar-refractivity contribution in [3.63, 3.8) is 0 Å². The summed E-state index contributed by atoms with van der Waals surface area (Å²) < 4.78 is 0. The highest BCUT2D eigenvalue weighted by Gasteiger charge is 1.88. The molecule has 3 heteroatoms. The molecule has 1 radical (unpaired) electrons. The minimum absolute atomic E-state index is 0.279. The molecular formula is C6H5N2O. The molecule has 0 aliphatic rings. The second kappa shape index (κ2) is 2.91. The van der Waals surface area contributed by atoms with Crippen LogP contribution in [0.1, 0.15) is 5.56 Å². The SMILES string of the molecule is O=[C]Cc1cncnc1. The van der Waals surface area contributed by atoms with Gasteiger partial charge in [0.2, 0.25) is 6.29 Å². The summed E-state index contributed by atoms with van der Waals surface area (Å²) in [4.78, 5) is 17.2. The summed E-state index contributed by atoms with van der Waals surface area (Å²) in [5.41, 5.74) is 0.799. The van der Waals surface area contributed by atoms with Crippen molar-refractivity contribution in [2.75, 3.05) is 0 Å². The van der Waals surface area contributed by atoms with Crippen LogP contribution in [0.15, 0.2) is 18.7 Å². The van der Waals surface area contributed by atoms with E-state index in [2.05, 4.69) is 9.97 Å². The van der Waals surface area contributed by atoms with E-state index in [0.29, 0.717) is 0 Å². The Labute approximate surface area is 52.8 Å².